The van der Waals surface area contributed by atoms with Crippen molar-refractivity contribution in [2.75, 3.05) is 38.5 Å². The quantitative estimate of drug-likeness (QED) is 0.286. The molecule has 9 heteroatoms. The maximum atomic E-state index is 12.4. The van der Waals surface area contributed by atoms with E-state index >= 15 is 0 Å². The Balaban J connectivity index is 0.00000320. The molecule has 166 valence electrons. The van der Waals surface area contributed by atoms with Gasteiger partial charge in [0.15, 0.2) is 15.8 Å². The normalized spacial score (nSPS) is 16.1. The molecular formula is C21H31IN4O3S. The molecule has 1 fully saturated rings. The van der Waals surface area contributed by atoms with Crippen molar-refractivity contribution >= 4 is 39.8 Å². The minimum atomic E-state index is -3.32. The lowest BCUT2D eigenvalue weighted by Gasteiger charge is -2.24. The summed E-state index contributed by atoms with van der Waals surface area (Å²) in [5, 5.41) is 6.34. The van der Waals surface area contributed by atoms with Gasteiger partial charge in [0.25, 0.3) is 0 Å². The topological polar surface area (TPSA) is 86.9 Å². The first kappa shape index (κ1) is 24.7. The summed E-state index contributed by atoms with van der Waals surface area (Å²) < 4.78 is 30.5. The highest BCUT2D eigenvalue weighted by Crippen LogP contribution is 2.25. The molecule has 1 saturated heterocycles. The lowest BCUT2D eigenvalue weighted by molar-refractivity contribution is 0.221. The van der Waals surface area contributed by atoms with Crippen molar-refractivity contribution in [1.29, 1.82) is 0 Å². The van der Waals surface area contributed by atoms with Crippen molar-refractivity contribution < 1.29 is 12.8 Å². The Kier molecular flexibility index (Phi) is 10.1. The summed E-state index contributed by atoms with van der Waals surface area (Å²) in [5.41, 5.74) is 0. The molecule has 0 bridgehead atoms. The number of halogens is 1. The Morgan fingerprint density at radius 3 is 2.50 bits per heavy atom. The van der Waals surface area contributed by atoms with Gasteiger partial charge >= 0.3 is 0 Å². The molecule has 1 unspecified atom stereocenters. The van der Waals surface area contributed by atoms with Gasteiger partial charge in [-0.3, -0.25) is 9.89 Å². The van der Waals surface area contributed by atoms with Crippen molar-refractivity contribution in [3.8, 4) is 0 Å². The Labute approximate surface area is 196 Å². The van der Waals surface area contributed by atoms with E-state index < -0.39 is 9.84 Å². The van der Waals surface area contributed by atoms with Crippen LogP contribution in [0.25, 0.3) is 0 Å². The van der Waals surface area contributed by atoms with E-state index in [0.29, 0.717) is 23.9 Å². The van der Waals surface area contributed by atoms with E-state index in [1.54, 1.807) is 30.5 Å². The van der Waals surface area contributed by atoms with Crippen LogP contribution < -0.4 is 10.6 Å². The van der Waals surface area contributed by atoms with Crippen molar-refractivity contribution in [1.82, 2.24) is 15.5 Å². The monoisotopic (exact) mass is 546 g/mol. The average Bonchev–Trinajstić information content (AvgIpc) is 3.43. The fraction of sp³-hybridized carbons (Fsp3) is 0.476. The molecule has 0 spiro atoms. The standard InChI is InChI=1S/C21H30N4O3S.HI/c1-2-22-21(23-12-16-29(26,27)18-9-4-3-5-10-18)24-17-19(20-11-8-15-28-20)25-13-6-7-14-25;/h3-5,8-11,15,19H,2,6-7,12-14,16-17H2,1H3,(H2,22,23,24);1H. The fourth-order valence-corrected chi connectivity index (χ4v) is 4.67. The maximum absolute atomic E-state index is 12.4. The zero-order valence-electron chi connectivity index (χ0n) is 17.3. The van der Waals surface area contributed by atoms with Crippen LogP contribution in [0.2, 0.25) is 0 Å². The van der Waals surface area contributed by atoms with Gasteiger partial charge in [-0.1, -0.05) is 18.2 Å². The van der Waals surface area contributed by atoms with Gasteiger partial charge in [-0.15, -0.1) is 24.0 Å². The van der Waals surface area contributed by atoms with E-state index in [0.717, 1.165) is 18.8 Å². The molecule has 1 atom stereocenters. The van der Waals surface area contributed by atoms with E-state index in [1.807, 2.05) is 25.1 Å². The minimum Gasteiger partial charge on any atom is -0.468 e. The molecule has 0 radical (unpaired) electrons. The summed E-state index contributed by atoms with van der Waals surface area (Å²) in [6.45, 7) is 5.61. The van der Waals surface area contributed by atoms with Gasteiger partial charge in [-0.25, -0.2) is 8.42 Å². The SMILES string of the molecule is CCNC(=NCC(c1ccco1)N1CCCC1)NCCS(=O)(=O)c1ccccc1.I. The molecule has 3 rings (SSSR count). The molecule has 2 aromatic rings. The second-order valence-corrected chi connectivity index (χ2v) is 9.16. The Morgan fingerprint density at radius 2 is 1.87 bits per heavy atom. The number of guanidine groups is 1. The van der Waals surface area contributed by atoms with Crippen molar-refractivity contribution in [2.45, 2.75) is 30.7 Å². The molecule has 1 aliphatic rings. The predicted octanol–water partition coefficient (Wildman–Crippen LogP) is 3.06. The summed E-state index contributed by atoms with van der Waals surface area (Å²) >= 11 is 0. The number of likely N-dealkylation sites (tertiary alicyclic amines) is 1. The molecule has 1 aromatic heterocycles. The van der Waals surface area contributed by atoms with Gasteiger partial charge in [0.1, 0.15) is 5.76 Å². The first-order chi connectivity index (χ1) is 14.1. The minimum absolute atomic E-state index is 0. The Morgan fingerprint density at radius 1 is 1.13 bits per heavy atom. The molecule has 30 heavy (non-hydrogen) atoms. The van der Waals surface area contributed by atoms with E-state index in [1.165, 1.54) is 12.8 Å². The third-order valence-electron chi connectivity index (χ3n) is 4.99. The van der Waals surface area contributed by atoms with Crippen molar-refractivity contribution in [3.63, 3.8) is 0 Å². The maximum Gasteiger partial charge on any atom is 0.191 e. The predicted molar refractivity (Wildman–Crippen MR) is 130 cm³/mol. The van der Waals surface area contributed by atoms with Gasteiger partial charge in [0.2, 0.25) is 0 Å². The van der Waals surface area contributed by atoms with Gasteiger partial charge < -0.3 is 15.1 Å². The van der Waals surface area contributed by atoms with Gasteiger partial charge in [0, 0.05) is 13.1 Å². The van der Waals surface area contributed by atoms with E-state index in [9.17, 15) is 8.42 Å². The number of hydrogen-bond donors (Lipinski definition) is 2. The van der Waals surface area contributed by atoms with Crippen LogP contribution in [0.1, 0.15) is 31.6 Å². The summed E-state index contributed by atoms with van der Waals surface area (Å²) in [6.07, 6.45) is 4.08. The summed E-state index contributed by atoms with van der Waals surface area (Å²) in [4.78, 5) is 7.44. The molecule has 1 aliphatic heterocycles. The van der Waals surface area contributed by atoms with E-state index in [4.69, 9.17) is 9.41 Å². The molecule has 7 nitrogen and oxygen atoms in total. The molecule has 0 saturated carbocycles. The number of nitrogens with one attached hydrogen (secondary N) is 2. The zero-order valence-corrected chi connectivity index (χ0v) is 20.4. The van der Waals surface area contributed by atoms with Crippen LogP contribution in [0.5, 0.6) is 0 Å². The summed E-state index contributed by atoms with van der Waals surface area (Å²) in [6, 6.07) is 12.5. The third kappa shape index (κ3) is 6.98. The van der Waals surface area contributed by atoms with Crippen LogP contribution >= 0.6 is 24.0 Å². The van der Waals surface area contributed by atoms with Gasteiger partial charge in [0.05, 0.1) is 29.5 Å². The summed E-state index contributed by atoms with van der Waals surface area (Å²) in [7, 11) is -3.32. The lowest BCUT2D eigenvalue weighted by Crippen LogP contribution is -2.40. The van der Waals surface area contributed by atoms with Crippen LogP contribution in [-0.4, -0.2) is 57.8 Å². The second-order valence-electron chi connectivity index (χ2n) is 7.05. The number of furan rings is 1. The molecule has 0 amide bonds. The highest BCUT2D eigenvalue weighted by atomic mass is 127. The Bertz CT molecular complexity index is 867. The third-order valence-corrected chi connectivity index (χ3v) is 6.72. The van der Waals surface area contributed by atoms with E-state index in [-0.39, 0.29) is 42.3 Å². The zero-order chi connectivity index (χ0) is 20.5. The van der Waals surface area contributed by atoms with Gasteiger partial charge in [-0.05, 0) is 57.1 Å². The van der Waals surface area contributed by atoms with Crippen molar-refractivity contribution in [3.05, 3.63) is 54.5 Å². The average molecular weight is 546 g/mol. The van der Waals surface area contributed by atoms with Crippen LogP contribution in [0.15, 0.2) is 63.0 Å². The van der Waals surface area contributed by atoms with Gasteiger partial charge in [-0.2, -0.15) is 0 Å². The number of hydrogen-bond acceptors (Lipinski definition) is 5. The first-order valence-corrected chi connectivity index (χ1v) is 11.8. The van der Waals surface area contributed by atoms with Crippen molar-refractivity contribution in [2.24, 2.45) is 4.99 Å². The summed E-state index contributed by atoms with van der Waals surface area (Å²) in [5.74, 6) is 1.54. The number of rotatable bonds is 9. The second kappa shape index (κ2) is 12.3. The molecule has 2 N–H and O–H groups in total. The Hall–Kier alpha value is -1.59. The molecule has 2 heterocycles. The lowest BCUT2D eigenvalue weighted by atomic mass is 10.2. The highest BCUT2D eigenvalue weighted by Gasteiger charge is 2.25. The first-order valence-electron chi connectivity index (χ1n) is 10.2. The van der Waals surface area contributed by atoms with Crippen LogP contribution in [0, 0.1) is 0 Å². The molecule has 1 aromatic carbocycles. The number of aliphatic imine (C=N–C) groups is 1. The van der Waals surface area contributed by atoms with Crippen LogP contribution in [0.4, 0.5) is 0 Å². The number of nitrogens with zero attached hydrogens (tertiary/aromatic N) is 2. The molecular weight excluding hydrogens is 515 g/mol. The van der Waals surface area contributed by atoms with E-state index in [2.05, 4.69) is 15.5 Å². The fourth-order valence-electron chi connectivity index (χ4n) is 3.49. The highest BCUT2D eigenvalue weighted by molar-refractivity contribution is 14.0. The molecule has 0 aliphatic carbocycles. The van der Waals surface area contributed by atoms with Crippen LogP contribution in [-0.2, 0) is 9.84 Å². The number of benzene rings is 1. The number of sulfone groups is 1. The largest absolute Gasteiger partial charge is 0.468 e. The van der Waals surface area contributed by atoms with Crippen LogP contribution in [0.3, 0.4) is 0 Å². The smallest absolute Gasteiger partial charge is 0.191 e.